The summed E-state index contributed by atoms with van der Waals surface area (Å²) >= 11 is 0. The molecule has 2 unspecified atom stereocenters. The molecular formula is C16H24N2. The van der Waals surface area contributed by atoms with Crippen molar-refractivity contribution in [3.05, 3.63) is 35.4 Å². The van der Waals surface area contributed by atoms with Gasteiger partial charge in [0.05, 0.1) is 0 Å². The molecule has 2 fully saturated rings. The Balaban J connectivity index is 1.66. The van der Waals surface area contributed by atoms with Gasteiger partial charge in [-0.05, 0) is 68.3 Å². The Morgan fingerprint density at radius 1 is 1.06 bits per heavy atom. The predicted octanol–water partition coefficient (Wildman–Crippen LogP) is 2.31. The van der Waals surface area contributed by atoms with Crippen LogP contribution < -0.4 is 10.6 Å². The third-order valence-corrected chi connectivity index (χ3v) is 4.41. The van der Waals surface area contributed by atoms with Gasteiger partial charge in [0.25, 0.3) is 0 Å². The maximum absolute atomic E-state index is 3.51. The smallest absolute Gasteiger partial charge is 0.00206 e. The van der Waals surface area contributed by atoms with Crippen LogP contribution in [0.25, 0.3) is 0 Å². The van der Waals surface area contributed by atoms with Crippen molar-refractivity contribution >= 4 is 0 Å². The Hall–Kier alpha value is -0.860. The number of rotatable bonds is 3. The summed E-state index contributed by atoms with van der Waals surface area (Å²) in [5.74, 6) is 1.59. The third-order valence-electron chi connectivity index (χ3n) is 4.41. The highest BCUT2D eigenvalue weighted by atomic mass is 14.9. The van der Waals surface area contributed by atoms with E-state index in [-0.39, 0.29) is 0 Å². The van der Waals surface area contributed by atoms with Crippen LogP contribution >= 0.6 is 0 Å². The van der Waals surface area contributed by atoms with Crippen molar-refractivity contribution in [3.8, 4) is 0 Å². The second-order valence-corrected chi connectivity index (χ2v) is 5.85. The molecule has 0 amide bonds. The lowest BCUT2D eigenvalue weighted by Gasteiger charge is -2.23. The number of hydrogen-bond donors (Lipinski definition) is 2. The lowest BCUT2D eigenvalue weighted by Crippen LogP contribution is -2.30. The minimum absolute atomic E-state index is 0.745. The molecule has 2 N–H and O–H groups in total. The molecule has 0 aliphatic carbocycles. The van der Waals surface area contributed by atoms with Gasteiger partial charge in [-0.2, -0.15) is 0 Å². The fourth-order valence-electron chi connectivity index (χ4n) is 3.34. The van der Waals surface area contributed by atoms with Crippen molar-refractivity contribution in [2.24, 2.45) is 5.92 Å². The van der Waals surface area contributed by atoms with Crippen LogP contribution in [0.5, 0.6) is 0 Å². The van der Waals surface area contributed by atoms with E-state index in [1.807, 2.05) is 0 Å². The summed E-state index contributed by atoms with van der Waals surface area (Å²) in [5, 5.41) is 6.98. The zero-order valence-corrected chi connectivity index (χ0v) is 11.1. The Labute approximate surface area is 110 Å². The summed E-state index contributed by atoms with van der Waals surface area (Å²) < 4.78 is 0. The van der Waals surface area contributed by atoms with E-state index in [9.17, 15) is 0 Å². The molecule has 1 aromatic rings. The zero-order chi connectivity index (χ0) is 12.2. The number of benzene rings is 1. The van der Waals surface area contributed by atoms with Crippen LogP contribution in [0.15, 0.2) is 24.3 Å². The molecule has 1 aromatic carbocycles. The second-order valence-electron chi connectivity index (χ2n) is 5.85. The van der Waals surface area contributed by atoms with E-state index >= 15 is 0 Å². The summed E-state index contributed by atoms with van der Waals surface area (Å²) in [5.41, 5.74) is 3.08. The van der Waals surface area contributed by atoms with E-state index < -0.39 is 0 Å². The minimum atomic E-state index is 0.745. The fraction of sp³-hybridized carbons (Fsp3) is 0.625. The van der Waals surface area contributed by atoms with E-state index in [1.54, 1.807) is 5.56 Å². The third kappa shape index (κ3) is 2.93. The first kappa shape index (κ1) is 12.2. The van der Waals surface area contributed by atoms with Gasteiger partial charge in [0, 0.05) is 6.54 Å². The van der Waals surface area contributed by atoms with Crippen molar-refractivity contribution in [2.45, 2.75) is 31.6 Å². The Kier molecular flexibility index (Phi) is 3.96. The van der Waals surface area contributed by atoms with Gasteiger partial charge in [0.15, 0.2) is 0 Å². The molecule has 0 radical (unpaired) electrons. The van der Waals surface area contributed by atoms with Gasteiger partial charge in [-0.15, -0.1) is 0 Å². The molecule has 2 heteroatoms. The lowest BCUT2D eigenvalue weighted by molar-refractivity contribution is 0.376. The normalized spacial score (nSPS) is 28.4. The molecule has 0 bridgehead atoms. The first-order chi connectivity index (χ1) is 8.92. The summed E-state index contributed by atoms with van der Waals surface area (Å²) in [7, 11) is 0. The molecule has 0 aromatic heterocycles. The van der Waals surface area contributed by atoms with E-state index in [0.717, 1.165) is 18.4 Å². The Bertz CT molecular complexity index is 376. The Morgan fingerprint density at radius 3 is 2.78 bits per heavy atom. The molecule has 2 aliphatic heterocycles. The molecule has 18 heavy (non-hydrogen) atoms. The van der Waals surface area contributed by atoms with Crippen LogP contribution in [-0.4, -0.2) is 26.2 Å². The fourth-order valence-corrected chi connectivity index (χ4v) is 3.34. The minimum Gasteiger partial charge on any atom is -0.316 e. The molecule has 2 atom stereocenters. The number of nitrogens with one attached hydrogen (secondary N) is 2. The monoisotopic (exact) mass is 244 g/mol. The van der Waals surface area contributed by atoms with Crippen LogP contribution in [0, 0.1) is 5.92 Å². The average molecular weight is 244 g/mol. The summed E-state index contributed by atoms with van der Waals surface area (Å²) in [6.45, 7) is 4.76. The highest BCUT2D eigenvalue weighted by molar-refractivity contribution is 5.28. The van der Waals surface area contributed by atoms with E-state index in [1.165, 1.54) is 50.9 Å². The van der Waals surface area contributed by atoms with Crippen LogP contribution in [0.4, 0.5) is 0 Å². The average Bonchev–Trinajstić information content (AvgIpc) is 2.94. The standard InChI is InChI=1S/C16H24N2/c1-3-13(9-14-4-2-7-17-11-14)10-15(5-1)16-6-8-18-12-16/h1,3,5,10,14,16-18H,2,4,6-9,11-12H2. The maximum Gasteiger partial charge on any atom is 0.00206 e. The molecule has 2 heterocycles. The largest absolute Gasteiger partial charge is 0.316 e. The van der Waals surface area contributed by atoms with Gasteiger partial charge in [0.2, 0.25) is 0 Å². The van der Waals surface area contributed by atoms with Crippen LogP contribution in [0.3, 0.4) is 0 Å². The van der Waals surface area contributed by atoms with Gasteiger partial charge in [-0.25, -0.2) is 0 Å². The highest BCUT2D eigenvalue weighted by Crippen LogP contribution is 2.24. The molecule has 98 valence electrons. The van der Waals surface area contributed by atoms with Crippen molar-refractivity contribution in [1.29, 1.82) is 0 Å². The van der Waals surface area contributed by atoms with Gasteiger partial charge in [-0.3, -0.25) is 0 Å². The van der Waals surface area contributed by atoms with Crippen molar-refractivity contribution in [2.75, 3.05) is 26.2 Å². The first-order valence-electron chi connectivity index (χ1n) is 7.42. The van der Waals surface area contributed by atoms with Crippen molar-refractivity contribution < 1.29 is 0 Å². The predicted molar refractivity (Wildman–Crippen MR) is 76.0 cm³/mol. The van der Waals surface area contributed by atoms with Crippen molar-refractivity contribution in [1.82, 2.24) is 10.6 Å². The first-order valence-corrected chi connectivity index (χ1v) is 7.42. The van der Waals surface area contributed by atoms with Gasteiger partial charge in [-0.1, -0.05) is 24.3 Å². The van der Waals surface area contributed by atoms with E-state index in [4.69, 9.17) is 0 Å². The Morgan fingerprint density at radius 2 is 2.00 bits per heavy atom. The summed E-state index contributed by atoms with van der Waals surface area (Å²) in [6, 6.07) is 9.31. The molecule has 3 rings (SSSR count). The molecule has 2 aliphatic rings. The lowest BCUT2D eigenvalue weighted by atomic mass is 9.90. The molecule has 0 spiro atoms. The maximum atomic E-state index is 3.51. The summed E-state index contributed by atoms with van der Waals surface area (Å²) in [4.78, 5) is 0. The molecule has 2 nitrogen and oxygen atoms in total. The van der Waals surface area contributed by atoms with E-state index in [2.05, 4.69) is 34.9 Å². The number of piperidine rings is 1. The topological polar surface area (TPSA) is 24.1 Å². The molecule has 2 saturated heterocycles. The van der Waals surface area contributed by atoms with Gasteiger partial charge >= 0.3 is 0 Å². The zero-order valence-electron chi connectivity index (χ0n) is 11.1. The SMILES string of the molecule is c1cc(CC2CCCNC2)cc(C2CCNC2)c1. The van der Waals surface area contributed by atoms with Crippen LogP contribution in [0.2, 0.25) is 0 Å². The van der Waals surface area contributed by atoms with Crippen molar-refractivity contribution in [3.63, 3.8) is 0 Å². The molecular weight excluding hydrogens is 220 g/mol. The summed E-state index contributed by atoms with van der Waals surface area (Å²) in [6.07, 6.45) is 5.29. The van der Waals surface area contributed by atoms with E-state index in [0.29, 0.717) is 0 Å². The number of hydrogen-bond acceptors (Lipinski definition) is 2. The van der Waals surface area contributed by atoms with Gasteiger partial charge < -0.3 is 10.6 Å². The van der Waals surface area contributed by atoms with Crippen LogP contribution in [0.1, 0.15) is 36.3 Å². The molecule has 0 saturated carbocycles. The highest BCUT2D eigenvalue weighted by Gasteiger charge is 2.18. The van der Waals surface area contributed by atoms with Crippen LogP contribution in [-0.2, 0) is 6.42 Å². The quantitative estimate of drug-likeness (QED) is 0.852. The second kappa shape index (κ2) is 5.85. The van der Waals surface area contributed by atoms with Gasteiger partial charge in [0.1, 0.15) is 0 Å².